The van der Waals surface area contributed by atoms with Gasteiger partial charge in [-0.3, -0.25) is 37.3 Å². The van der Waals surface area contributed by atoms with E-state index in [1.165, 1.54) is 141 Å². The molecule has 0 aromatic carbocycles. The largest absolute Gasteiger partial charge is 0.472 e. The fraction of sp³-hybridized carbons (Fsp3) is 0.941. The number of carbonyl (C=O) groups excluding carboxylic acids is 4. The van der Waals surface area contributed by atoms with Crippen LogP contribution in [0.25, 0.3) is 0 Å². The molecule has 0 spiro atoms. The van der Waals surface area contributed by atoms with Crippen LogP contribution >= 0.6 is 15.6 Å². The molecule has 0 bridgehead atoms. The fourth-order valence-corrected chi connectivity index (χ4v) is 11.7. The first-order chi connectivity index (χ1) is 41.8. The zero-order valence-corrected chi connectivity index (χ0v) is 58.3. The van der Waals surface area contributed by atoms with Crippen LogP contribution in [0.1, 0.15) is 337 Å². The van der Waals surface area contributed by atoms with Gasteiger partial charge in [0, 0.05) is 25.7 Å². The number of aliphatic hydroxyl groups excluding tert-OH is 1. The second kappa shape index (κ2) is 59.1. The Morgan fingerprint density at radius 3 is 0.874 bits per heavy atom. The number of unbranched alkanes of at least 4 members (excludes halogenated alkanes) is 33. The summed E-state index contributed by atoms with van der Waals surface area (Å²) in [6.07, 6.45) is 42.0. The molecule has 0 amide bonds. The summed E-state index contributed by atoms with van der Waals surface area (Å²) in [7, 11) is -9.89. The number of aliphatic hydroxyl groups is 1. The van der Waals surface area contributed by atoms with Gasteiger partial charge in [-0.15, -0.1) is 0 Å². The Labute approximate surface area is 530 Å². The molecule has 0 rings (SSSR count). The Kier molecular flexibility index (Phi) is 57.8. The van der Waals surface area contributed by atoms with E-state index >= 15 is 0 Å². The van der Waals surface area contributed by atoms with Gasteiger partial charge in [-0.25, -0.2) is 9.13 Å². The molecule has 3 N–H and O–H groups in total. The van der Waals surface area contributed by atoms with Gasteiger partial charge in [0.05, 0.1) is 26.4 Å². The van der Waals surface area contributed by atoms with Crippen molar-refractivity contribution in [3.05, 3.63) is 0 Å². The molecule has 3 unspecified atom stereocenters. The predicted octanol–water partition coefficient (Wildman–Crippen LogP) is 19.1. The van der Waals surface area contributed by atoms with Crippen LogP contribution in [-0.4, -0.2) is 96.7 Å². The lowest BCUT2D eigenvalue weighted by Gasteiger charge is -2.21. The summed E-state index contributed by atoms with van der Waals surface area (Å²) in [5.41, 5.74) is 0. The lowest BCUT2D eigenvalue weighted by molar-refractivity contribution is -0.161. The highest BCUT2D eigenvalue weighted by Crippen LogP contribution is 2.45. The van der Waals surface area contributed by atoms with Crippen molar-refractivity contribution in [2.24, 2.45) is 17.8 Å². The standard InChI is InChI=1S/C68H132O17P2/c1-8-10-11-32-42-49-65(70)78-55-63(84-68(73)52-45-38-31-25-24-27-34-40-47-60(5)6)57-82-86(74,75)80-53-62(69)54-81-87(76,77)83-58-64(56-79-66(71)50-43-36-29-22-19-18-21-28-35-41-48-61(7)9-2)85-67(72)51-44-37-30-23-17-15-13-12-14-16-20-26-33-39-46-59(3)4/h59-64,69H,8-58H2,1-7H3,(H,74,75)(H,76,77)/t61?,62-,63+,64+/m0/s1. The third-order valence-corrected chi connectivity index (χ3v) is 17.9. The van der Waals surface area contributed by atoms with Crippen molar-refractivity contribution in [3.63, 3.8) is 0 Å². The highest BCUT2D eigenvalue weighted by atomic mass is 31.2. The minimum Gasteiger partial charge on any atom is -0.462 e. The van der Waals surface area contributed by atoms with Gasteiger partial charge >= 0.3 is 39.5 Å². The maximum atomic E-state index is 13.0. The molecule has 0 aromatic heterocycles. The molecule has 0 saturated heterocycles. The average molecular weight is 1280 g/mol. The molecule has 0 radical (unpaired) electrons. The van der Waals surface area contributed by atoms with E-state index in [0.29, 0.717) is 25.7 Å². The van der Waals surface area contributed by atoms with Gasteiger partial charge in [0.15, 0.2) is 12.2 Å². The summed E-state index contributed by atoms with van der Waals surface area (Å²) in [6, 6.07) is 0. The van der Waals surface area contributed by atoms with Crippen molar-refractivity contribution in [1.82, 2.24) is 0 Å². The van der Waals surface area contributed by atoms with Gasteiger partial charge < -0.3 is 33.8 Å². The van der Waals surface area contributed by atoms with Gasteiger partial charge in [0.25, 0.3) is 0 Å². The molecule has 0 aliphatic heterocycles. The van der Waals surface area contributed by atoms with E-state index < -0.39 is 97.5 Å². The maximum absolute atomic E-state index is 13.0. The van der Waals surface area contributed by atoms with Crippen LogP contribution in [0.2, 0.25) is 0 Å². The highest BCUT2D eigenvalue weighted by Gasteiger charge is 2.30. The summed E-state index contributed by atoms with van der Waals surface area (Å²) in [5, 5.41) is 10.5. The number of phosphoric acid groups is 2. The van der Waals surface area contributed by atoms with Crippen LogP contribution in [0.3, 0.4) is 0 Å². The number of hydrogen-bond donors (Lipinski definition) is 3. The molecule has 6 atom stereocenters. The smallest absolute Gasteiger partial charge is 0.462 e. The second-order valence-electron chi connectivity index (χ2n) is 25.8. The van der Waals surface area contributed by atoms with Crippen LogP contribution in [0, 0.1) is 17.8 Å². The van der Waals surface area contributed by atoms with Crippen molar-refractivity contribution in [3.8, 4) is 0 Å². The Hall–Kier alpha value is -1.94. The lowest BCUT2D eigenvalue weighted by atomic mass is 9.99. The van der Waals surface area contributed by atoms with Crippen molar-refractivity contribution < 1.29 is 80.2 Å². The molecule has 0 aliphatic rings. The van der Waals surface area contributed by atoms with E-state index in [9.17, 15) is 43.2 Å². The van der Waals surface area contributed by atoms with Crippen LogP contribution < -0.4 is 0 Å². The summed E-state index contributed by atoms with van der Waals surface area (Å²) in [4.78, 5) is 72.2. The first-order valence-corrected chi connectivity index (χ1v) is 38.4. The van der Waals surface area contributed by atoms with Gasteiger partial charge in [0.2, 0.25) is 0 Å². The molecule has 17 nitrogen and oxygen atoms in total. The minimum absolute atomic E-state index is 0.103. The van der Waals surface area contributed by atoms with E-state index in [1.54, 1.807) is 0 Å². The lowest BCUT2D eigenvalue weighted by Crippen LogP contribution is -2.30. The number of ether oxygens (including phenoxy) is 4. The topological polar surface area (TPSA) is 237 Å². The van der Waals surface area contributed by atoms with E-state index in [-0.39, 0.29) is 25.7 Å². The molecule has 0 saturated carbocycles. The van der Waals surface area contributed by atoms with Crippen LogP contribution in [0.5, 0.6) is 0 Å². The molecular weight excluding hydrogens is 1150 g/mol. The van der Waals surface area contributed by atoms with Gasteiger partial charge in [0.1, 0.15) is 19.3 Å². The van der Waals surface area contributed by atoms with Crippen LogP contribution in [0.15, 0.2) is 0 Å². The van der Waals surface area contributed by atoms with E-state index in [4.69, 9.17) is 37.0 Å². The minimum atomic E-state index is -4.95. The molecule has 0 aromatic rings. The third-order valence-electron chi connectivity index (χ3n) is 16.0. The first-order valence-electron chi connectivity index (χ1n) is 35.4. The Bertz CT molecular complexity index is 1720. The number of phosphoric ester groups is 2. The summed E-state index contributed by atoms with van der Waals surface area (Å²) in [5.74, 6) is 0.182. The molecule has 87 heavy (non-hydrogen) atoms. The number of rotatable bonds is 66. The zero-order chi connectivity index (χ0) is 64.5. The SMILES string of the molecule is CCCCCCCC(=O)OC[C@H](COP(=O)(O)OC[C@H](O)COP(=O)(O)OC[C@@H](COC(=O)CCCCCCCCCCCCC(C)CC)OC(=O)CCCCCCCCCCCCCCCCC(C)C)OC(=O)CCCCCCCCCCC(C)C. The van der Waals surface area contributed by atoms with Crippen molar-refractivity contribution in [2.75, 3.05) is 39.6 Å². The maximum Gasteiger partial charge on any atom is 0.472 e. The third kappa shape index (κ3) is 61.3. The Morgan fingerprint density at radius 2 is 0.586 bits per heavy atom. The van der Waals surface area contributed by atoms with E-state index in [0.717, 1.165) is 114 Å². The van der Waals surface area contributed by atoms with Crippen LogP contribution in [0.4, 0.5) is 0 Å². The molecule has 0 fully saturated rings. The van der Waals surface area contributed by atoms with Crippen molar-refractivity contribution in [2.45, 2.75) is 356 Å². The Morgan fingerprint density at radius 1 is 0.333 bits per heavy atom. The molecular formula is C68H132O17P2. The first kappa shape index (κ1) is 85.1. The summed E-state index contributed by atoms with van der Waals surface area (Å²) < 4.78 is 68.0. The Balaban J connectivity index is 5.17. The summed E-state index contributed by atoms with van der Waals surface area (Å²) in [6.45, 7) is 11.8. The predicted molar refractivity (Wildman–Crippen MR) is 349 cm³/mol. The molecule has 516 valence electrons. The molecule has 19 heteroatoms. The van der Waals surface area contributed by atoms with Crippen molar-refractivity contribution in [1.29, 1.82) is 0 Å². The number of hydrogen-bond acceptors (Lipinski definition) is 15. The second-order valence-corrected chi connectivity index (χ2v) is 28.7. The van der Waals surface area contributed by atoms with Gasteiger partial charge in [-0.05, 0) is 43.4 Å². The van der Waals surface area contributed by atoms with E-state index in [1.807, 2.05) is 0 Å². The van der Waals surface area contributed by atoms with E-state index in [2.05, 4.69) is 48.5 Å². The molecule has 0 heterocycles. The van der Waals surface area contributed by atoms with Crippen LogP contribution in [-0.2, 0) is 65.4 Å². The number of esters is 4. The number of carbonyl (C=O) groups is 4. The zero-order valence-electron chi connectivity index (χ0n) is 56.5. The van der Waals surface area contributed by atoms with Gasteiger partial charge in [-0.1, -0.05) is 286 Å². The highest BCUT2D eigenvalue weighted by molar-refractivity contribution is 7.47. The van der Waals surface area contributed by atoms with Crippen molar-refractivity contribution >= 4 is 39.5 Å². The van der Waals surface area contributed by atoms with Gasteiger partial charge in [-0.2, -0.15) is 0 Å². The average Bonchev–Trinajstić information content (AvgIpc) is 3.62. The normalized spacial score (nSPS) is 14.6. The molecule has 0 aliphatic carbocycles. The quantitative estimate of drug-likeness (QED) is 0.0222. The fourth-order valence-electron chi connectivity index (χ4n) is 10.2. The summed E-state index contributed by atoms with van der Waals surface area (Å²) >= 11 is 0. The monoisotopic (exact) mass is 1280 g/mol.